The van der Waals surface area contributed by atoms with Crippen LogP contribution in [-0.4, -0.2) is 51.1 Å². The second-order valence-electron chi connectivity index (χ2n) is 9.06. The summed E-state index contributed by atoms with van der Waals surface area (Å²) >= 11 is 0. The topological polar surface area (TPSA) is 6.48 Å². The van der Waals surface area contributed by atoms with E-state index in [4.69, 9.17) is 0 Å². The average molecular weight is 399 g/mol. The lowest BCUT2D eigenvalue weighted by atomic mass is 9.86. The Bertz CT molecular complexity index is 1070. The first-order valence-corrected chi connectivity index (χ1v) is 11.2. The van der Waals surface area contributed by atoms with E-state index in [1.165, 1.54) is 56.3 Å². The predicted molar refractivity (Wildman–Crippen MR) is 133 cm³/mol. The van der Waals surface area contributed by atoms with Crippen molar-refractivity contribution in [2.24, 2.45) is 0 Å². The van der Waals surface area contributed by atoms with Gasteiger partial charge in [-0.3, -0.25) is 0 Å². The standard InChI is InChI=1S/C28H34N2/c1-29(2)17-9-15-25-23-13-7-8-14-24(23)26(16-10-18-30(3)4)28-20-22-12-6-5-11-21(22)19-27(25)28/h5-8,11-14,19-20H,9-10,15-18H2,1-4H3. The van der Waals surface area contributed by atoms with Crippen LogP contribution in [0.2, 0.25) is 0 Å². The molecular weight excluding hydrogens is 364 g/mol. The van der Waals surface area contributed by atoms with Gasteiger partial charge in [0.05, 0.1) is 0 Å². The van der Waals surface area contributed by atoms with E-state index in [9.17, 15) is 0 Å². The van der Waals surface area contributed by atoms with E-state index in [1.54, 1.807) is 0 Å². The van der Waals surface area contributed by atoms with Crippen molar-refractivity contribution in [2.75, 3.05) is 41.3 Å². The van der Waals surface area contributed by atoms with E-state index >= 15 is 0 Å². The second kappa shape index (κ2) is 9.16. The van der Waals surface area contributed by atoms with E-state index in [0.29, 0.717) is 0 Å². The third-order valence-electron chi connectivity index (χ3n) is 6.18. The van der Waals surface area contributed by atoms with Crippen molar-refractivity contribution in [3.05, 3.63) is 71.8 Å². The number of benzene rings is 4. The molecule has 156 valence electrons. The molecule has 0 amide bonds. The molecule has 0 saturated heterocycles. The van der Waals surface area contributed by atoms with Crippen molar-refractivity contribution in [2.45, 2.75) is 25.7 Å². The van der Waals surface area contributed by atoms with Gasteiger partial charge in [0.15, 0.2) is 0 Å². The van der Waals surface area contributed by atoms with Crippen LogP contribution in [0.1, 0.15) is 24.0 Å². The minimum absolute atomic E-state index is 1.12. The molecule has 0 aliphatic heterocycles. The molecule has 0 spiro atoms. The maximum atomic E-state index is 2.44. The number of nitrogens with zero attached hydrogens (tertiary/aromatic N) is 2. The molecule has 0 radical (unpaired) electrons. The Kier molecular flexibility index (Phi) is 6.36. The molecule has 0 aliphatic carbocycles. The lowest BCUT2D eigenvalue weighted by Gasteiger charge is -2.19. The van der Waals surface area contributed by atoms with Crippen molar-refractivity contribution in [1.82, 2.24) is 9.80 Å². The van der Waals surface area contributed by atoms with E-state index in [-0.39, 0.29) is 0 Å². The zero-order valence-corrected chi connectivity index (χ0v) is 18.9. The first kappa shape index (κ1) is 20.8. The van der Waals surface area contributed by atoms with Crippen LogP contribution < -0.4 is 0 Å². The first-order valence-electron chi connectivity index (χ1n) is 11.2. The highest BCUT2D eigenvalue weighted by molar-refractivity contribution is 6.10. The third-order valence-corrected chi connectivity index (χ3v) is 6.18. The molecule has 0 heterocycles. The van der Waals surface area contributed by atoms with E-state index in [0.717, 1.165) is 25.9 Å². The number of fused-ring (bicyclic) bond motifs is 3. The first-order chi connectivity index (χ1) is 14.5. The van der Waals surface area contributed by atoms with Crippen molar-refractivity contribution >= 4 is 32.3 Å². The molecule has 4 aromatic carbocycles. The molecule has 4 aromatic rings. The minimum atomic E-state index is 1.12. The van der Waals surface area contributed by atoms with Crippen LogP contribution in [0.3, 0.4) is 0 Å². The number of hydrogen-bond acceptors (Lipinski definition) is 2. The van der Waals surface area contributed by atoms with E-state index in [2.05, 4.69) is 98.7 Å². The van der Waals surface area contributed by atoms with Gasteiger partial charge in [0.2, 0.25) is 0 Å². The summed E-state index contributed by atoms with van der Waals surface area (Å²) < 4.78 is 0. The van der Waals surface area contributed by atoms with Gasteiger partial charge in [0, 0.05) is 0 Å². The van der Waals surface area contributed by atoms with Gasteiger partial charge >= 0.3 is 0 Å². The molecule has 0 aliphatic rings. The highest BCUT2D eigenvalue weighted by atomic mass is 15.0. The minimum Gasteiger partial charge on any atom is -0.309 e. The molecule has 4 rings (SSSR count). The van der Waals surface area contributed by atoms with Crippen LogP contribution in [0.15, 0.2) is 60.7 Å². The zero-order valence-electron chi connectivity index (χ0n) is 18.9. The number of hydrogen-bond donors (Lipinski definition) is 0. The lowest BCUT2D eigenvalue weighted by molar-refractivity contribution is 0.400. The fourth-order valence-corrected chi connectivity index (χ4v) is 4.72. The summed E-state index contributed by atoms with van der Waals surface area (Å²) in [6.07, 6.45) is 4.59. The average Bonchev–Trinajstić information content (AvgIpc) is 2.73. The summed E-state index contributed by atoms with van der Waals surface area (Å²) in [7, 11) is 8.66. The Morgan fingerprint density at radius 3 is 1.33 bits per heavy atom. The van der Waals surface area contributed by atoms with Gasteiger partial charge in [0.25, 0.3) is 0 Å². The Hall–Kier alpha value is -2.42. The maximum absolute atomic E-state index is 2.44. The van der Waals surface area contributed by atoms with Crippen LogP contribution in [0.5, 0.6) is 0 Å². The van der Waals surface area contributed by atoms with Crippen LogP contribution in [0.4, 0.5) is 0 Å². The second-order valence-corrected chi connectivity index (χ2v) is 9.06. The largest absolute Gasteiger partial charge is 0.309 e. The molecule has 2 heteroatoms. The summed E-state index contributed by atoms with van der Waals surface area (Å²) in [6.45, 7) is 2.24. The predicted octanol–water partition coefficient (Wildman–Crippen LogP) is 6.13. The van der Waals surface area contributed by atoms with Gasteiger partial charge in [-0.2, -0.15) is 0 Å². The molecule has 0 bridgehead atoms. The molecule has 0 aromatic heterocycles. The molecule has 0 fully saturated rings. The Morgan fingerprint density at radius 1 is 0.533 bits per heavy atom. The highest BCUT2D eigenvalue weighted by Gasteiger charge is 2.15. The SMILES string of the molecule is CN(C)CCCc1c2ccccc2c(CCCN(C)C)c2cc3ccccc3cc12. The van der Waals surface area contributed by atoms with Gasteiger partial charge in [-0.15, -0.1) is 0 Å². The third kappa shape index (κ3) is 4.35. The normalized spacial score (nSPS) is 12.1. The van der Waals surface area contributed by atoms with Crippen LogP contribution in [0.25, 0.3) is 32.3 Å². The number of aryl methyl sites for hydroxylation is 2. The van der Waals surface area contributed by atoms with Crippen LogP contribution in [-0.2, 0) is 12.8 Å². The summed E-state index contributed by atoms with van der Waals surface area (Å²) in [4.78, 5) is 4.57. The molecular formula is C28H34N2. The Balaban J connectivity index is 1.94. The smallest absolute Gasteiger partial charge is 0.00217 e. The van der Waals surface area contributed by atoms with Crippen LogP contribution >= 0.6 is 0 Å². The van der Waals surface area contributed by atoms with Gasteiger partial charge in [-0.1, -0.05) is 48.5 Å². The lowest BCUT2D eigenvalue weighted by Crippen LogP contribution is -2.14. The molecule has 2 nitrogen and oxygen atoms in total. The van der Waals surface area contributed by atoms with Crippen LogP contribution in [0, 0.1) is 0 Å². The van der Waals surface area contributed by atoms with Crippen molar-refractivity contribution in [3.63, 3.8) is 0 Å². The summed E-state index contributed by atoms with van der Waals surface area (Å²) in [5.41, 5.74) is 3.04. The molecule has 0 atom stereocenters. The number of rotatable bonds is 8. The highest BCUT2D eigenvalue weighted by Crippen LogP contribution is 2.36. The molecule has 0 saturated carbocycles. The van der Waals surface area contributed by atoms with Gasteiger partial charge in [0.1, 0.15) is 0 Å². The van der Waals surface area contributed by atoms with Gasteiger partial charge in [-0.05, 0) is 123 Å². The fraction of sp³-hybridized carbons (Fsp3) is 0.357. The Morgan fingerprint density at radius 2 is 0.933 bits per heavy atom. The van der Waals surface area contributed by atoms with E-state index in [1.807, 2.05) is 0 Å². The summed E-state index contributed by atoms with van der Waals surface area (Å²) in [5.74, 6) is 0. The quantitative estimate of drug-likeness (QED) is 0.329. The molecule has 0 N–H and O–H groups in total. The van der Waals surface area contributed by atoms with Crippen molar-refractivity contribution in [1.29, 1.82) is 0 Å². The summed E-state index contributed by atoms with van der Waals surface area (Å²) in [6, 6.07) is 22.8. The molecule has 30 heavy (non-hydrogen) atoms. The van der Waals surface area contributed by atoms with Gasteiger partial charge in [-0.25, -0.2) is 0 Å². The fourth-order valence-electron chi connectivity index (χ4n) is 4.72. The van der Waals surface area contributed by atoms with Crippen molar-refractivity contribution in [3.8, 4) is 0 Å². The monoisotopic (exact) mass is 398 g/mol. The molecule has 0 unspecified atom stereocenters. The Labute approximate surface area is 181 Å². The van der Waals surface area contributed by atoms with Gasteiger partial charge < -0.3 is 9.80 Å². The summed E-state index contributed by atoms with van der Waals surface area (Å²) in [5, 5.41) is 8.47. The van der Waals surface area contributed by atoms with Crippen molar-refractivity contribution < 1.29 is 0 Å². The maximum Gasteiger partial charge on any atom is -0.00217 e. The van der Waals surface area contributed by atoms with E-state index < -0.39 is 0 Å². The zero-order chi connectivity index (χ0) is 21.1.